The van der Waals surface area contributed by atoms with Crippen molar-refractivity contribution in [1.29, 1.82) is 0 Å². The molecule has 19 heavy (non-hydrogen) atoms. The van der Waals surface area contributed by atoms with Gasteiger partial charge in [0.25, 0.3) is 0 Å². The molecule has 6 nitrogen and oxygen atoms in total. The smallest absolute Gasteiger partial charge is 0.303 e. The van der Waals surface area contributed by atoms with Crippen LogP contribution >= 0.6 is 0 Å². The van der Waals surface area contributed by atoms with E-state index in [4.69, 9.17) is 5.11 Å². The van der Waals surface area contributed by atoms with Crippen LogP contribution in [0.1, 0.15) is 32.5 Å². The Morgan fingerprint density at radius 2 is 2.21 bits per heavy atom. The summed E-state index contributed by atoms with van der Waals surface area (Å²) in [5.74, 6) is 0.0144. The molecule has 0 saturated heterocycles. The lowest BCUT2D eigenvalue weighted by atomic mass is 9.94. The molecular formula is C13H21N3O3. The molecule has 3 N–H and O–H groups in total. The summed E-state index contributed by atoms with van der Waals surface area (Å²) in [4.78, 5) is 29.3. The molecule has 1 amide bonds. The highest BCUT2D eigenvalue weighted by Gasteiger charge is 2.16. The number of nitrogens with zero attached hydrogens (tertiary/aromatic N) is 1. The summed E-state index contributed by atoms with van der Waals surface area (Å²) in [6.07, 6.45) is 4.31. The van der Waals surface area contributed by atoms with Crippen LogP contribution in [0.5, 0.6) is 0 Å². The second-order valence-electron chi connectivity index (χ2n) is 5.11. The van der Waals surface area contributed by atoms with E-state index in [2.05, 4.69) is 15.3 Å². The van der Waals surface area contributed by atoms with Crippen LogP contribution in [0.4, 0.5) is 0 Å². The fourth-order valence-corrected chi connectivity index (χ4v) is 2.02. The first-order valence-corrected chi connectivity index (χ1v) is 6.44. The number of imidazole rings is 1. The van der Waals surface area contributed by atoms with Crippen molar-refractivity contribution in [3.63, 3.8) is 0 Å². The molecular weight excluding hydrogens is 246 g/mol. The van der Waals surface area contributed by atoms with Crippen molar-refractivity contribution in [3.05, 3.63) is 18.2 Å². The van der Waals surface area contributed by atoms with Gasteiger partial charge in [0.1, 0.15) is 5.82 Å². The fourth-order valence-electron chi connectivity index (χ4n) is 2.02. The topological polar surface area (TPSA) is 95.1 Å². The SMILES string of the molecule is CC(C)C[C@H](CNC(=O)Cc1ncc[nH]1)CC(=O)O. The van der Waals surface area contributed by atoms with Crippen LogP contribution in [0, 0.1) is 11.8 Å². The molecule has 0 aliphatic heterocycles. The summed E-state index contributed by atoms with van der Waals surface area (Å²) in [7, 11) is 0. The highest BCUT2D eigenvalue weighted by molar-refractivity contribution is 5.77. The highest BCUT2D eigenvalue weighted by Crippen LogP contribution is 2.14. The van der Waals surface area contributed by atoms with Crippen molar-refractivity contribution in [1.82, 2.24) is 15.3 Å². The molecule has 1 aromatic heterocycles. The average molecular weight is 267 g/mol. The molecule has 0 spiro atoms. The molecule has 1 aromatic rings. The van der Waals surface area contributed by atoms with Gasteiger partial charge in [0.05, 0.1) is 6.42 Å². The lowest BCUT2D eigenvalue weighted by molar-refractivity contribution is -0.138. The summed E-state index contributed by atoms with van der Waals surface area (Å²) >= 11 is 0. The first-order chi connectivity index (χ1) is 8.97. The van der Waals surface area contributed by atoms with Gasteiger partial charge < -0.3 is 15.4 Å². The minimum atomic E-state index is -0.828. The summed E-state index contributed by atoms with van der Waals surface area (Å²) in [6, 6.07) is 0. The zero-order valence-electron chi connectivity index (χ0n) is 11.3. The van der Waals surface area contributed by atoms with Gasteiger partial charge in [-0.25, -0.2) is 4.98 Å². The second kappa shape index (κ2) is 7.56. The molecule has 0 saturated carbocycles. The first kappa shape index (κ1) is 15.2. The van der Waals surface area contributed by atoms with E-state index in [1.165, 1.54) is 0 Å². The van der Waals surface area contributed by atoms with Gasteiger partial charge in [-0.05, 0) is 18.3 Å². The Morgan fingerprint density at radius 1 is 1.47 bits per heavy atom. The van der Waals surface area contributed by atoms with Crippen molar-refractivity contribution >= 4 is 11.9 Å². The largest absolute Gasteiger partial charge is 0.481 e. The van der Waals surface area contributed by atoms with Crippen LogP contribution in [0.25, 0.3) is 0 Å². The predicted molar refractivity (Wildman–Crippen MR) is 70.5 cm³/mol. The summed E-state index contributed by atoms with van der Waals surface area (Å²) in [5.41, 5.74) is 0. The van der Waals surface area contributed by atoms with Crippen LogP contribution in [0.15, 0.2) is 12.4 Å². The van der Waals surface area contributed by atoms with Gasteiger partial charge in [-0.3, -0.25) is 9.59 Å². The van der Waals surface area contributed by atoms with E-state index in [0.717, 1.165) is 6.42 Å². The van der Waals surface area contributed by atoms with Crippen LogP contribution in [0.3, 0.4) is 0 Å². The number of amides is 1. The minimum Gasteiger partial charge on any atom is -0.481 e. The number of H-pyrrole nitrogens is 1. The number of carbonyl (C=O) groups is 2. The average Bonchev–Trinajstić information content (AvgIpc) is 2.77. The van der Waals surface area contributed by atoms with E-state index in [1.807, 2.05) is 13.8 Å². The maximum atomic E-state index is 11.7. The molecule has 1 rings (SSSR count). The van der Waals surface area contributed by atoms with Gasteiger partial charge in [-0.15, -0.1) is 0 Å². The van der Waals surface area contributed by atoms with Crippen LogP contribution < -0.4 is 5.32 Å². The summed E-state index contributed by atoms with van der Waals surface area (Å²) in [6.45, 7) is 4.48. The maximum absolute atomic E-state index is 11.7. The lowest BCUT2D eigenvalue weighted by Crippen LogP contribution is -2.32. The van der Waals surface area contributed by atoms with Crippen LogP contribution in [-0.2, 0) is 16.0 Å². The Hall–Kier alpha value is -1.85. The van der Waals surface area contributed by atoms with Crippen LogP contribution in [0.2, 0.25) is 0 Å². The number of nitrogens with one attached hydrogen (secondary N) is 2. The number of carbonyl (C=O) groups excluding carboxylic acids is 1. The van der Waals surface area contributed by atoms with E-state index in [1.54, 1.807) is 12.4 Å². The van der Waals surface area contributed by atoms with E-state index in [9.17, 15) is 9.59 Å². The first-order valence-electron chi connectivity index (χ1n) is 6.44. The number of carboxylic acid groups (broad SMARTS) is 1. The van der Waals surface area contributed by atoms with Gasteiger partial charge in [-0.2, -0.15) is 0 Å². The number of aromatic nitrogens is 2. The highest BCUT2D eigenvalue weighted by atomic mass is 16.4. The zero-order valence-corrected chi connectivity index (χ0v) is 11.3. The van der Waals surface area contributed by atoms with Crippen molar-refractivity contribution in [2.75, 3.05) is 6.54 Å². The van der Waals surface area contributed by atoms with Crippen LogP contribution in [-0.4, -0.2) is 33.5 Å². The molecule has 0 bridgehead atoms. The molecule has 0 unspecified atom stereocenters. The van der Waals surface area contributed by atoms with Crippen molar-refractivity contribution in [2.45, 2.75) is 33.1 Å². The van der Waals surface area contributed by atoms with E-state index < -0.39 is 5.97 Å². The maximum Gasteiger partial charge on any atom is 0.303 e. The molecule has 0 aliphatic rings. The number of aliphatic carboxylic acids is 1. The third-order valence-corrected chi connectivity index (χ3v) is 2.74. The number of rotatable bonds is 8. The molecule has 1 atom stereocenters. The molecule has 6 heteroatoms. The Labute approximate surface area is 112 Å². The van der Waals surface area contributed by atoms with Gasteiger partial charge in [-0.1, -0.05) is 13.8 Å². The van der Waals surface area contributed by atoms with Gasteiger partial charge >= 0.3 is 5.97 Å². The Balaban J connectivity index is 2.37. The summed E-state index contributed by atoms with van der Waals surface area (Å²) < 4.78 is 0. The molecule has 106 valence electrons. The minimum absolute atomic E-state index is 0.0296. The quantitative estimate of drug-likeness (QED) is 0.659. The van der Waals surface area contributed by atoms with Gasteiger partial charge in [0, 0.05) is 25.4 Å². The third-order valence-electron chi connectivity index (χ3n) is 2.74. The molecule has 0 fully saturated rings. The van der Waals surface area contributed by atoms with E-state index >= 15 is 0 Å². The number of hydrogen-bond acceptors (Lipinski definition) is 3. The number of carboxylic acids is 1. The molecule has 1 heterocycles. The molecule has 0 aromatic carbocycles. The normalized spacial score (nSPS) is 12.4. The Morgan fingerprint density at radius 3 is 2.74 bits per heavy atom. The lowest BCUT2D eigenvalue weighted by Gasteiger charge is -2.17. The van der Waals surface area contributed by atoms with Gasteiger partial charge in [0.2, 0.25) is 5.91 Å². The number of aromatic amines is 1. The molecule has 0 aliphatic carbocycles. The van der Waals surface area contributed by atoms with Crippen molar-refractivity contribution in [3.8, 4) is 0 Å². The second-order valence-corrected chi connectivity index (χ2v) is 5.11. The van der Waals surface area contributed by atoms with Crippen molar-refractivity contribution in [2.24, 2.45) is 11.8 Å². The monoisotopic (exact) mass is 267 g/mol. The summed E-state index contributed by atoms with van der Waals surface area (Å²) in [5, 5.41) is 11.6. The van der Waals surface area contributed by atoms with E-state index in [0.29, 0.717) is 18.3 Å². The van der Waals surface area contributed by atoms with E-state index in [-0.39, 0.29) is 24.7 Å². The molecule has 0 radical (unpaired) electrons. The van der Waals surface area contributed by atoms with Crippen molar-refractivity contribution < 1.29 is 14.7 Å². The fraction of sp³-hybridized carbons (Fsp3) is 0.615. The third kappa shape index (κ3) is 6.59. The Kier molecular flexibility index (Phi) is 6.05. The standard InChI is InChI=1S/C13H21N3O3/c1-9(2)5-10(6-13(18)19)8-16-12(17)7-11-14-3-4-15-11/h3-4,9-10H,5-8H2,1-2H3,(H,14,15)(H,16,17)(H,18,19)/t10-/m0/s1. The zero-order chi connectivity index (χ0) is 14.3. The number of hydrogen-bond donors (Lipinski definition) is 3. The Bertz CT molecular complexity index is 401. The van der Waals surface area contributed by atoms with Gasteiger partial charge in [0.15, 0.2) is 0 Å². The predicted octanol–water partition coefficient (Wildman–Crippen LogP) is 1.21.